The molecule has 0 aromatic carbocycles. The Balaban J connectivity index is 2.42. The third kappa shape index (κ3) is 6.50. The minimum Gasteiger partial charge on any atom is -0.469 e. The van der Waals surface area contributed by atoms with Gasteiger partial charge >= 0.3 is 12.1 Å². The molecule has 20 heavy (non-hydrogen) atoms. The molecule has 116 valence electrons. The molecule has 1 aliphatic heterocycles. The van der Waals surface area contributed by atoms with Crippen LogP contribution in [0, 0.1) is 11.8 Å². The third-order valence-electron chi connectivity index (χ3n) is 3.20. The Labute approximate surface area is 125 Å². The van der Waals surface area contributed by atoms with Gasteiger partial charge in [-0.15, -0.1) is 0 Å². The van der Waals surface area contributed by atoms with Crippen LogP contribution in [0.15, 0.2) is 0 Å². The number of alkyl carbamates (subject to hydrolysis) is 1. The highest BCUT2D eigenvalue weighted by molar-refractivity contribution is 7.99. The molecule has 0 aliphatic carbocycles. The second-order valence-corrected chi connectivity index (χ2v) is 7.20. The number of carbonyl (C=O) groups excluding carboxylic acids is 2. The van der Waals surface area contributed by atoms with Crippen LogP contribution in [0.1, 0.15) is 33.6 Å². The summed E-state index contributed by atoms with van der Waals surface area (Å²) in [5, 5.41) is 2.80. The van der Waals surface area contributed by atoms with Crippen LogP contribution < -0.4 is 5.32 Å². The Morgan fingerprint density at radius 3 is 2.60 bits per heavy atom. The summed E-state index contributed by atoms with van der Waals surface area (Å²) in [6.07, 6.45) is 1.02. The molecule has 1 amide bonds. The lowest BCUT2D eigenvalue weighted by molar-refractivity contribution is -0.142. The molecule has 2 atom stereocenters. The van der Waals surface area contributed by atoms with Crippen LogP contribution in [0.3, 0.4) is 0 Å². The molecule has 1 aliphatic rings. The molecule has 0 spiro atoms. The topological polar surface area (TPSA) is 64.6 Å². The fourth-order valence-electron chi connectivity index (χ4n) is 2.16. The minimum atomic E-state index is -0.489. The van der Waals surface area contributed by atoms with Crippen LogP contribution in [-0.2, 0) is 14.3 Å². The second-order valence-electron chi connectivity index (χ2n) is 6.05. The fraction of sp³-hybridized carbons (Fsp3) is 0.857. The van der Waals surface area contributed by atoms with E-state index in [2.05, 4.69) is 5.32 Å². The van der Waals surface area contributed by atoms with Gasteiger partial charge in [0.25, 0.3) is 0 Å². The molecule has 1 rings (SSSR count). The maximum absolute atomic E-state index is 11.7. The molecular formula is C14H25NO4S. The number of methoxy groups -OCH3 is 1. The van der Waals surface area contributed by atoms with E-state index in [0.717, 1.165) is 17.9 Å². The van der Waals surface area contributed by atoms with Gasteiger partial charge in [-0.05, 0) is 50.5 Å². The Hall–Kier alpha value is -0.910. The van der Waals surface area contributed by atoms with Gasteiger partial charge in [0.15, 0.2) is 0 Å². The predicted molar refractivity (Wildman–Crippen MR) is 79.8 cm³/mol. The van der Waals surface area contributed by atoms with E-state index in [1.807, 2.05) is 32.5 Å². The van der Waals surface area contributed by atoms with E-state index >= 15 is 0 Å². The van der Waals surface area contributed by atoms with Gasteiger partial charge in [0.1, 0.15) is 5.60 Å². The molecule has 1 saturated heterocycles. The lowest BCUT2D eigenvalue weighted by atomic mass is 9.88. The van der Waals surface area contributed by atoms with Gasteiger partial charge in [-0.25, -0.2) is 4.79 Å². The zero-order chi connectivity index (χ0) is 15.2. The molecule has 5 nitrogen and oxygen atoms in total. The van der Waals surface area contributed by atoms with Crippen molar-refractivity contribution < 1.29 is 19.1 Å². The summed E-state index contributed by atoms with van der Waals surface area (Å²) >= 11 is 1.86. The minimum absolute atomic E-state index is 0.177. The number of carbonyl (C=O) groups is 2. The molecule has 6 heteroatoms. The SMILES string of the molecule is COC(=O)C[C@@H]1CCSC[C@H]1CNC(=O)OC(C)(C)C. The molecule has 0 aromatic rings. The quantitative estimate of drug-likeness (QED) is 0.808. The number of esters is 1. The first kappa shape index (κ1) is 17.1. The highest BCUT2D eigenvalue weighted by Crippen LogP contribution is 2.31. The van der Waals surface area contributed by atoms with Gasteiger partial charge in [-0.2, -0.15) is 11.8 Å². The van der Waals surface area contributed by atoms with Crippen molar-refractivity contribution in [3.05, 3.63) is 0 Å². The van der Waals surface area contributed by atoms with Crippen molar-refractivity contribution in [2.45, 2.75) is 39.2 Å². The summed E-state index contributed by atoms with van der Waals surface area (Å²) in [5.41, 5.74) is -0.489. The number of amides is 1. The smallest absolute Gasteiger partial charge is 0.407 e. The maximum atomic E-state index is 11.7. The zero-order valence-corrected chi connectivity index (χ0v) is 13.5. The first-order valence-electron chi connectivity index (χ1n) is 6.93. The highest BCUT2D eigenvalue weighted by Gasteiger charge is 2.28. The van der Waals surface area contributed by atoms with Crippen molar-refractivity contribution in [1.82, 2.24) is 5.32 Å². The van der Waals surface area contributed by atoms with Crippen LogP contribution in [0.2, 0.25) is 0 Å². The van der Waals surface area contributed by atoms with Crippen LogP contribution in [-0.4, -0.2) is 42.8 Å². The van der Waals surface area contributed by atoms with Crippen molar-refractivity contribution in [2.75, 3.05) is 25.2 Å². The number of nitrogens with one attached hydrogen (secondary N) is 1. The van der Waals surface area contributed by atoms with Gasteiger partial charge in [-0.3, -0.25) is 4.79 Å². The van der Waals surface area contributed by atoms with Gasteiger partial charge < -0.3 is 14.8 Å². The number of ether oxygens (including phenoxy) is 2. The van der Waals surface area contributed by atoms with E-state index < -0.39 is 11.7 Å². The first-order valence-corrected chi connectivity index (χ1v) is 8.08. The molecule has 0 bridgehead atoms. The molecule has 0 unspecified atom stereocenters. The number of hydrogen-bond donors (Lipinski definition) is 1. The van der Waals surface area contributed by atoms with Crippen molar-refractivity contribution in [3.63, 3.8) is 0 Å². The Kier molecular flexibility index (Phi) is 6.65. The fourth-order valence-corrected chi connectivity index (χ4v) is 3.49. The molecule has 1 heterocycles. The molecule has 0 radical (unpaired) electrons. The largest absolute Gasteiger partial charge is 0.469 e. The lowest BCUT2D eigenvalue weighted by Crippen LogP contribution is -2.39. The van der Waals surface area contributed by atoms with Crippen LogP contribution in [0.25, 0.3) is 0 Å². The van der Waals surface area contributed by atoms with Gasteiger partial charge in [0.2, 0.25) is 0 Å². The maximum Gasteiger partial charge on any atom is 0.407 e. The van der Waals surface area contributed by atoms with E-state index in [4.69, 9.17) is 9.47 Å². The molecular weight excluding hydrogens is 278 g/mol. The van der Waals surface area contributed by atoms with Crippen LogP contribution in [0.4, 0.5) is 4.79 Å². The second kappa shape index (κ2) is 7.76. The Morgan fingerprint density at radius 1 is 1.30 bits per heavy atom. The summed E-state index contributed by atoms with van der Waals surface area (Å²) < 4.78 is 9.95. The highest BCUT2D eigenvalue weighted by atomic mass is 32.2. The summed E-state index contributed by atoms with van der Waals surface area (Å²) in [4.78, 5) is 23.1. The molecule has 0 aromatic heterocycles. The summed E-state index contributed by atoms with van der Waals surface area (Å²) in [6.45, 7) is 6.05. The molecule has 0 saturated carbocycles. The zero-order valence-electron chi connectivity index (χ0n) is 12.7. The first-order chi connectivity index (χ1) is 9.31. The van der Waals surface area contributed by atoms with Crippen LogP contribution >= 0.6 is 11.8 Å². The van der Waals surface area contributed by atoms with Gasteiger partial charge in [-0.1, -0.05) is 0 Å². The lowest BCUT2D eigenvalue weighted by Gasteiger charge is -2.31. The summed E-state index contributed by atoms with van der Waals surface area (Å²) in [6, 6.07) is 0. The van der Waals surface area contributed by atoms with E-state index in [9.17, 15) is 9.59 Å². The third-order valence-corrected chi connectivity index (χ3v) is 4.38. The van der Waals surface area contributed by atoms with Crippen molar-refractivity contribution in [2.24, 2.45) is 11.8 Å². The van der Waals surface area contributed by atoms with Crippen LogP contribution in [0.5, 0.6) is 0 Å². The molecule has 1 fully saturated rings. The average Bonchev–Trinajstić information content (AvgIpc) is 2.35. The van der Waals surface area contributed by atoms with Crippen molar-refractivity contribution >= 4 is 23.8 Å². The Bertz CT molecular complexity index is 341. The standard InChI is InChI=1S/C14H25NO4S/c1-14(2,3)19-13(17)15-8-11-9-20-6-5-10(11)7-12(16)18-4/h10-11H,5-9H2,1-4H3,(H,15,17)/t10-,11+/m0/s1. The Morgan fingerprint density at radius 2 is 2.00 bits per heavy atom. The predicted octanol–water partition coefficient (Wildman–Crippen LogP) is 2.44. The summed E-state index contributed by atoms with van der Waals surface area (Å²) in [7, 11) is 1.41. The van der Waals surface area contributed by atoms with E-state index in [1.54, 1.807) is 0 Å². The average molecular weight is 303 g/mol. The van der Waals surface area contributed by atoms with Crippen molar-refractivity contribution in [3.8, 4) is 0 Å². The summed E-state index contributed by atoms with van der Waals surface area (Å²) in [5.74, 6) is 2.41. The van der Waals surface area contributed by atoms with E-state index in [1.165, 1.54) is 7.11 Å². The normalized spacial score (nSPS) is 23.0. The van der Waals surface area contributed by atoms with E-state index in [-0.39, 0.29) is 11.9 Å². The number of thioether (sulfide) groups is 1. The van der Waals surface area contributed by atoms with Gasteiger partial charge in [0, 0.05) is 13.0 Å². The monoisotopic (exact) mass is 303 g/mol. The number of rotatable bonds is 4. The van der Waals surface area contributed by atoms with E-state index in [0.29, 0.717) is 18.9 Å². The van der Waals surface area contributed by atoms with Gasteiger partial charge in [0.05, 0.1) is 7.11 Å². The van der Waals surface area contributed by atoms with Crippen molar-refractivity contribution in [1.29, 1.82) is 0 Å². The number of hydrogen-bond acceptors (Lipinski definition) is 5. The molecule has 1 N–H and O–H groups in total.